The predicted octanol–water partition coefficient (Wildman–Crippen LogP) is 5.81. The third-order valence-electron chi connectivity index (χ3n) is 3.61. The van der Waals surface area contributed by atoms with Crippen LogP contribution in [0.3, 0.4) is 0 Å². The number of rotatable bonds is 8. The quantitative estimate of drug-likeness (QED) is 0.338. The van der Waals surface area contributed by atoms with Gasteiger partial charge in [-0.2, -0.15) is 0 Å². The Labute approximate surface area is 148 Å². The van der Waals surface area contributed by atoms with Gasteiger partial charge >= 0.3 is 7.60 Å². The second kappa shape index (κ2) is 8.79. The minimum absolute atomic E-state index is 0.0429. The van der Waals surface area contributed by atoms with Crippen LogP contribution in [0.1, 0.15) is 20.3 Å². The first-order valence-electron chi connectivity index (χ1n) is 7.75. The number of aliphatic imine (C=N–C) groups is 1. The summed E-state index contributed by atoms with van der Waals surface area (Å²) in [6, 6.07) is 17.9. The first-order chi connectivity index (χ1) is 11.6. The van der Waals surface area contributed by atoms with Crippen LogP contribution in [0.15, 0.2) is 65.7 Å². The van der Waals surface area contributed by atoms with E-state index in [-0.39, 0.29) is 5.92 Å². The summed E-state index contributed by atoms with van der Waals surface area (Å²) in [5.74, 6) is 0.161. The summed E-state index contributed by atoms with van der Waals surface area (Å²) in [4.78, 5) is 4.11. The Kier molecular flexibility index (Phi) is 6.74. The highest BCUT2D eigenvalue weighted by molar-refractivity contribution is 7.78. The van der Waals surface area contributed by atoms with Gasteiger partial charge in [0.15, 0.2) is 5.78 Å². The Morgan fingerprint density at radius 3 is 1.88 bits per heavy atom. The van der Waals surface area contributed by atoms with Crippen LogP contribution in [0.4, 0.5) is 0 Å². The summed E-state index contributed by atoms with van der Waals surface area (Å²) in [5, 5.41) is 2.34. The van der Waals surface area contributed by atoms with Crippen LogP contribution in [0, 0.1) is 5.92 Å². The van der Waals surface area contributed by atoms with E-state index >= 15 is 0 Å². The standard InChI is InChI=1S/C18H20NO3PS/c1-3-15(2)18(19-14-24)23(20,21-16-10-6-4-7-11-16)22-17-12-8-5-9-13-17/h4-13,15,18H,3H2,1-2H3. The van der Waals surface area contributed by atoms with Gasteiger partial charge in [-0.15, -0.1) is 0 Å². The molecule has 0 radical (unpaired) electrons. The lowest BCUT2D eigenvalue weighted by atomic mass is 10.1. The summed E-state index contributed by atoms with van der Waals surface area (Å²) in [7, 11) is -3.66. The maximum Gasteiger partial charge on any atom is 0.456 e. The molecule has 0 amide bonds. The van der Waals surface area contributed by atoms with E-state index in [1.165, 1.54) is 0 Å². The summed E-state index contributed by atoms with van der Waals surface area (Å²) in [6.45, 7) is 3.93. The van der Waals surface area contributed by atoms with Crippen molar-refractivity contribution in [2.75, 3.05) is 0 Å². The molecule has 126 valence electrons. The molecular formula is C18H20NO3PS. The van der Waals surface area contributed by atoms with Crippen molar-refractivity contribution in [3.8, 4) is 11.5 Å². The van der Waals surface area contributed by atoms with Gasteiger partial charge in [0, 0.05) is 0 Å². The molecule has 0 aliphatic carbocycles. The lowest BCUT2D eigenvalue weighted by Gasteiger charge is -2.27. The zero-order chi connectivity index (χ0) is 17.4. The van der Waals surface area contributed by atoms with Gasteiger partial charge in [0.2, 0.25) is 0 Å². The molecule has 6 heteroatoms. The Balaban J connectivity index is 2.42. The highest BCUT2D eigenvalue weighted by atomic mass is 32.1. The van der Waals surface area contributed by atoms with Crippen molar-refractivity contribution in [2.45, 2.75) is 26.1 Å². The zero-order valence-electron chi connectivity index (χ0n) is 13.7. The minimum atomic E-state index is -3.66. The smallest absolute Gasteiger partial charge is 0.415 e. The van der Waals surface area contributed by atoms with Crippen molar-refractivity contribution in [1.29, 1.82) is 0 Å². The highest BCUT2D eigenvalue weighted by Crippen LogP contribution is 2.56. The van der Waals surface area contributed by atoms with Crippen LogP contribution in [0.2, 0.25) is 0 Å². The number of hydrogen-bond donors (Lipinski definition) is 0. The van der Waals surface area contributed by atoms with Crippen LogP contribution >= 0.6 is 19.8 Å². The molecule has 0 aromatic heterocycles. The molecule has 0 saturated heterocycles. The van der Waals surface area contributed by atoms with Crippen LogP contribution in [-0.2, 0) is 4.57 Å². The van der Waals surface area contributed by atoms with E-state index in [4.69, 9.17) is 21.3 Å². The molecule has 2 aromatic rings. The van der Waals surface area contributed by atoms with Crippen molar-refractivity contribution in [3.63, 3.8) is 0 Å². The van der Waals surface area contributed by atoms with Crippen molar-refractivity contribution < 1.29 is 13.6 Å². The Morgan fingerprint density at radius 2 is 1.50 bits per heavy atom. The summed E-state index contributed by atoms with van der Waals surface area (Å²) >= 11 is 4.74. The molecule has 0 N–H and O–H groups in total. The van der Waals surface area contributed by atoms with Crippen molar-refractivity contribution in [2.24, 2.45) is 10.9 Å². The third kappa shape index (κ3) is 4.78. The molecule has 0 saturated carbocycles. The molecular weight excluding hydrogens is 341 g/mol. The molecule has 0 spiro atoms. The molecule has 4 nitrogen and oxygen atoms in total. The van der Waals surface area contributed by atoms with E-state index in [2.05, 4.69) is 10.2 Å². The number of nitrogens with zero attached hydrogens (tertiary/aromatic N) is 1. The van der Waals surface area contributed by atoms with E-state index in [9.17, 15) is 4.57 Å². The first-order valence-corrected chi connectivity index (χ1v) is 9.77. The van der Waals surface area contributed by atoms with Gasteiger partial charge in [-0.25, -0.2) is 9.56 Å². The van der Waals surface area contributed by atoms with E-state index < -0.39 is 13.4 Å². The number of benzene rings is 2. The monoisotopic (exact) mass is 361 g/mol. The predicted molar refractivity (Wildman–Crippen MR) is 100 cm³/mol. The maximum absolute atomic E-state index is 13.6. The molecule has 0 heterocycles. The van der Waals surface area contributed by atoms with Crippen molar-refractivity contribution in [1.82, 2.24) is 0 Å². The normalized spacial score (nSPS) is 13.4. The minimum Gasteiger partial charge on any atom is -0.415 e. The zero-order valence-corrected chi connectivity index (χ0v) is 15.4. The van der Waals surface area contributed by atoms with Crippen LogP contribution in [0.5, 0.6) is 11.5 Å². The summed E-state index contributed by atoms with van der Waals surface area (Å²) < 4.78 is 25.2. The fourth-order valence-corrected chi connectivity index (χ4v) is 4.47. The lowest BCUT2D eigenvalue weighted by Crippen LogP contribution is -2.21. The molecule has 2 aromatic carbocycles. The topological polar surface area (TPSA) is 47.9 Å². The maximum atomic E-state index is 13.6. The van der Waals surface area contributed by atoms with Gasteiger partial charge in [-0.3, -0.25) is 0 Å². The Bertz CT molecular complexity index is 687. The average molecular weight is 361 g/mol. The van der Waals surface area contributed by atoms with Gasteiger partial charge in [-0.1, -0.05) is 56.7 Å². The van der Waals surface area contributed by atoms with E-state index in [0.29, 0.717) is 11.5 Å². The van der Waals surface area contributed by atoms with Gasteiger partial charge < -0.3 is 9.05 Å². The van der Waals surface area contributed by atoms with Crippen molar-refractivity contribution >= 4 is 25.0 Å². The lowest BCUT2D eigenvalue weighted by molar-refractivity contribution is 0.350. The molecule has 24 heavy (non-hydrogen) atoms. The van der Waals surface area contributed by atoms with Gasteiger partial charge in [-0.05, 0) is 42.4 Å². The largest absolute Gasteiger partial charge is 0.456 e. The number of thiocarbonyl (C=S) groups is 1. The average Bonchev–Trinajstić information content (AvgIpc) is 2.60. The molecule has 0 aliphatic rings. The fraction of sp³-hybridized carbons (Fsp3) is 0.278. The Morgan fingerprint density at radius 1 is 1.04 bits per heavy atom. The molecule has 0 aliphatic heterocycles. The van der Waals surface area contributed by atoms with Crippen LogP contribution in [-0.4, -0.2) is 10.9 Å². The summed E-state index contributed by atoms with van der Waals surface area (Å²) in [6.07, 6.45) is 0.755. The van der Waals surface area contributed by atoms with E-state index in [1.807, 2.05) is 50.2 Å². The van der Waals surface area contributed by atoms with Crippen LogP contribution < -0.4 is 9.05 Å². The molecule has 2 unspecified atom stereocenters. The molecule has 0 bridgehead atoms. The summed E-state index contributed by atoms with van der Waals surface area (Å²) in [5.41, 5.74) is 0. The second-order valence-corrected chi connectivity index (χ2v) is 7.52. The molecule has 0 fully saturated rings. The van der Waals surface area contributed by atoms with Gasteiger partial charge in [0.1, 0.15) is 11.5 Å². The molecule has 2 atom stereocenters. The van der Waals surface area contributed by atoms with Crippen molar-refractivity contribution in [3.05, 3.63) is 60.7 Å². The molecule has 2 rings (SSSR count). The van der Waals surface area contributed by atoms with Gasteiger partial charge in [0.05, 0.1) is 5.16 Å². The number of para-hydroxylation sites is 2. The van der Waals surface area contributed by atoms with E-state index in [0.717, 1.165) is 6.42 Å². The van der Waals surface area contributed by atoms with Crippen LogP contribution in [0.25, 0.3) is 0 Å². The third-order valence-corrected chi connectivity index (χ3v) is 5.92. The Hall–Kier alpha value is -1.93. The first kappa shape index (κ1) is 18.4. The number of hydrogen-bond acceptors (Lipinski definition) is 5. The SMILES string of the molecule is CCC(C)C(N=C=S)P(=O)(Oc1ccccc1)Oc1ccccc1. The number of isothiocyanates is 1. The second-order valence-electron chi connectivity index (χ2n) is 5.37. The fourth-order valence-electron chi connectivity index (χ4n) is 2.16. The highest BCUT2D eigenvalue weighted by Gasteiger charge is 2.42. The van der Waals surface area contributed by atoms with E-state index in [1.54, 1.807) is 24.3 Å². The van der Waals surface area contributed by atoms with Gasteiger partial charge in [0.25, 0.3) is 0 Å².